The summed E-state index contributed by atoms with van der Waals surface area (Å²) in [7, 11) is 0. The van der Waals surface area contributed by atoms with Crippen LogP contribution in [0.1, 0.15) is 29.8 Å². The van der Waals surface area contributed by atoms with Crippen molar-refractivity contribution in [2.24, 2.45) is 0 Å². The van der Waals surface area contributed by atoms with E-state index in [9.17, 15) is 4.79 Å². The lowest BCUT2D eigenvalue weighted by Gasteiger charge is -2.10. The van der Waals surface area contributed by atoms with Crippen molar-refractivity contribution in [2.45, 2.75) is 20.0 Å². The summed E-state index contributed by atoms with van der Waals surface area (Å²) in [6.07, 6.45) is 3.22. The van der Waals surface area contributed by atoms with Gasteiger partial charge < -0.3 is 4.74 Å². The second kappa shape index (κ2) is 5.97. The molecule has 0 N–H and O–H groups in total. The van der Waals surface area contributed by atoms with Crippen LogP contribution in [-0.2, 0) is 0 Å². The Hall–Kier alpha value is -1.68. The lowest BCUT2D eigenvalue weighted by Crippen LogP contribution is -2.07. The zero-order valence-electron chi connectivity index (χ0n) is 10.8. The number of carbonyl (C=O) groups excluding carboxylic acids is 1. The van der Waals surface area contributed by atoms with Gasteiger partial charge in [-0.15, -0.1) is 0 Å². The summed E-state index contributed by atoms with van der Waals surface area (Å²) in [6, 6.07) is 8.96. The Bertz CT molecular complexity index is 579. The van der Waals surface area contributed by atoms with E-state index in [4.69, 9.17) is 4.74 Å². The quantitative estimate of drug-likeness (QED) is 0.803. The van der Waals surface area contributed by atoms with Gasteiger partial charge in [-0.3, -0.25) is 9.78 Å². The molecule has 0 atom stereocenters. The highest BCUT2D eigenvalue weighted by atomic mass is 79.9. The minimum absolute atomic E-state index is 0.0554. The standard InChI is InChI=1S/C15H14BrNO2/c1-10(2)19-14-7-12(8-17-9-14)15(18)11-3-5-13(16)6-4-11/h3-10H,1-2H3. The molecule has 3 nitrogen and oxygen atoms in total. The smallest absolute Gasteiger partial charge is 0.194 e. The van der Waals surface area contributed by atoms with E-state index in [1.54, 1.807) is 30.6 Å². The minimum atomic E-state index is -0.0609. The van der Waals surface area contributed by atoms with Crippen molar-refractivity contribution >= 4 is 21.7 Å². The first-order valence-corrected chi connectivity index (χ1v) is 6.77. The number of rotatable bonds is 4. The molecule has 2 aromatic rings. The summed E-state index contributed by atoms with van der Waals surface area (Å²) < 4.78 is 6.48. The Morgan fingerprint density at radius 3 is 2.47 bits per heavy atom. The van der Waals surface area contributed by atoms with Crippen molar-refractivity contribution in [3.63, 3.8) is 0 Å². The van der Waals surface area contributed by atoms with E-state index in [0.717, 1.165) is 4.47 Å². The van der Waals surface area contributed by atoms with E-state index in [1.165, 1.54) is 0 Å². The maximum atomic E-state index is 12.3. The van der Waals surface area contributed by atoms with Gasteiger partial charge in [0.05, 0.1) is 12.3 Å². The van der Waals surface area contributed by atoms with Crippen molar-refractivity contribution in [1.82, 2.24) is 4.98 Å². The van der Waals surface area contributed by atoms with E-state index in [2.05, 4.69) is 20.9 Å². The van der Waals surface area contributed by atoms with Gasteiger partial charge in [-0.05, 0) is 44.2 Å². The molecular weight excluding hydrogens is 306 g/mol. The van der Waals surface area contributed by atoms with E-state index in [1.807, 2.05) is 26.0 Å². The van der Waals surface area contributed by atoms with Crippen LogP contribution in [0.25, 0.3) is 0 Å². The molecule has 0 saturated carbocycles. The molecule has 19 heavy (non-hydrogen) atoms. The Morgan fingerprint density at radius 1 is 1.16 bits per heavy atom. The summed E-state index contributed by atoms with van der Waals surface area (Å²) in [5.41, 5.74) is 1.16. The topological polar surface area (TPSA) is 39.2 Å². The fraction of sp³-hybridized carbons (Fsp3) is 0.200. The molecule has 98 valence electrons. The van der Waals surface area contributed by atoms with Gasteiger partial charge >= 0.3 is 0 Å². The van der Waals surface area contributed by atoms with Crippen LogP contribution in [0.3, 0.4) is 0 Å². The second-order valence-electron chi connectivity index (χ2n) is 4.41. The second-order valence-corrected chi connectivity index (χ2v) is 5.33. The van der Waals surface area contributed by atoms with Gasteiger partial charge in [0.2, 0.25) is 0 Å². The Balaban J connectivity index is 2.26. The number of carbonyl (C=O) groups is 1. The van der Waals surface area contributed by atoms with Crippen LogP contribution in [0.5, 0.6) is 5.75 Å². The van der Waals surface area contributed by atoms with Gasteiger partial charge in [-0.25, -0.2) is 0 Å². The molecule has 1 aromatic heterocycles. The van der Waals surface area contributed by atoms with Gasteiger partial charge in [-0.2, -0.15) is 0 Å². The largest absolute Gasteiger partial charge is 0.489 e. The number of hydrogen-bond acceptors (Lipinski definition) is 3. The zero-order chi connectivity index (χ0) is 13.8. The molecule has 0 spiro atoms. The number of ketones is 1. The molecule has 0 unspecified atom stereocenters. The third-order valence-electron chi connectivity index (χ3n) is 2.45. The maximum Gasteiger partial charge on any atom is 0.194 e. The van der Waals surface area contributed by atoms with E-state index in [-0.39, 0.29) is 11.9 Å². The molecule has 0 bridgehead atoms. The van der Waals surface area contributed by atoms with Crippen molar-refractivity contribution in [3.8, 4) is 5.75 Å². The lowest BCUT2D eigenvalue weighted by atomic mass is 10.1. The number of nitrogens with zero attached hydrogens (tertiary/aromatic N) is 1. The number of halogens is 1. The molecule has 0 fully saturated rings. The predicted octanol–water partition coefficient (Wildman–Crippen LogP) is 3.86. The summed E-state index contributed by atoms with van der Waals surface area (Å²) in [5.74, 6) is 0.548. The minimum Gasteiger partial charge on any atom is -0.489 e. The molecular formula is C15H14BrNO2. The summed E-state index contributed by atoms with van der Waals surface area (Å²) >= 11 is 3.35. The fourth-order valence-corrected chi connectivity index (χ4v) is 1.91. The molecule has 0 amide bonds. The van der Waals surface area contributed by atoms with Gasteiger partial charge in [-0.1, -0.05) is 15.9 Å². The summed E-state index contributed by atoms with van der Waals surface area (Å²) in [4.78, 5) is 16.3. The molecule has 1 aromatic carbocycles. The first-order valence-electron chi connectivity index (χ1n) is 5.98. The van der Waals surface area contributed by atoms with Crippen molar-refractivity contribution < 1.29 is 9.53 Å². The number of aromatic nitrogens is 1. The third kappa shape index (κ3) is 3.64. The predicted molar refractivity (Wildman–Crippen MR) is 77.6 cm³/mol. The fourth-order valence-electron chi connectivity index (χ4n) is 1.65. The summed E-state index contributed by atoms with van der Waals surface area (Å²) in [6.45, 7) is 3.87. The molecule has 0 aliphatic heterocycles. The van der Waals surface area contributed by atoms with Crippen molar-refractivity contribution in [3.05, 3.63) is 58.3 Å². The van der Waals surface area contributed by atoms with Crippen LogP contribution in [-0.4, -0.2) is 16.9 Å². The Labute approximate surface area is 120 Å². The molecule has 4 heteroatoms. The van der Waals surface area contributed by atoms with E-state index < -0.39 is 0 Å². The van der Waals surface area contributed by atoms with Crippen LogP contribution in [0.15, 0.2) is 47.2 Å². The first kappa shape index (κ1) is 13.7. The highest BCUT2D eigenvalue weighted by Crippen LogP contribution is 2.17. The van der Waals surface area contributed by atoms with Gasteiger partial charge in [0.25, 0.3) is 0 Å². The highest BCUT2D eigenvalue weighted by molar-refractivity contribution is 9.10. The van der Waals surface area contributed by atoms with Gasteiger partial charge in [0, 0.05) is 21.8 Å². The molecule has 1 heterocycles. The number of pyridine rings is 1. The normalized spacial score (nSPS) is 10.5. The summed E-state index contributed by atoms with van der Waals surface area (Å²) in [5, 5.41) is 0. The van der Waals surface area contributed by atoms with Crippen LogP contribution in [0.2, 0.25) is 0 Å². The number of benzene rings is 1. The molecule has 0 aliphatic rings. The van der Waals surface area contributed by atoms with Crippen LogP contribution < -0.4 is 4.74 Å². The molecule has 2 rings (SSSR count). The zero-order valence-corrected chi connectivity index (χ0v) is 12.3. The Kier molecular flexibility index (Phi) is 4.32. The van der Waals surface area contributed by atoms with Crippen LogP contribution >= 0.6 is 15.9 Å². The number of ether oxygens (including phenoxy) is 1. The average molecular weight is 320 g/mol. The molecule has 0 saturated heterocycles. The van der Waals surface area contributed by atoms with Crippen molar-refractivity contribution in [2.75, 3.05) is 0 Å². The van der Waals surface area contributed by atoms with Crippen LogP contribution in [0, 0.1) is 0 Å². The molecule has 0 aliphatic carbocycles. The van der Waals surface area contributed by atoms with Gasteiger partial charge in [0.1, 0.15) is 5.75 Å². The first-order chi connectivity index (χ1) is 9.06. The average Bonchev–Trinajstić information content (AvgIpc) is 2.38. The lowest BCUT2D eigenvalue weighted by molar-refractivity contribution is 0.103. The SMILES string of the molecule is CC(C)Oc1cncc(C(=O)c2ccc(Br)cc2)c1. The Morgan fingerprint density at radius 2 is 1.84 bits per heavy atom. The third-order valence-corrected chi connectivity index (χ3v) is 2.98. The number of hydrogen-bond donors (Lipinski definition) is 0. The van der Waals surface area contributed by atoms with Crippen LogP contribution in [0.4, 0.5) is 0 Å². The molecule has 0 radical (unpaired) electrons. The maximum absolute atomic E-state index is 12.3. The highest BCUT2D eigenvalue weighted by Gasteiger charge is 2.10. The van der Waals surface area contributed by atoms with E-state index in [0.29, 0.717) is 16.9 Å². The van der Waals surface area contributed by atoms with Crippen molar-refractivity contribution in [1.29, 1.82) is 0 Å². The monoisotopic (exact) mass is 319 g/mol. The van der Waals surface area contributed by atoms with E-state index >= 15 is 0 Å². The van der Waals surface area contributed by atoms with Gasteiger partial charge in [0.15, 0.2) is 5.78 Å².